The summed E-state index contributed by atoms with van der Waals surface area (Å²) in [4.78, 5) is 0. The Morgan fingerprint density at radius 2 is 1.81 bits per heavy atom. The predicted molar refractivity (Wildman–Crippen MR) is 107 cm³/mol. The highest BCUT2D eigenvalue weighted by molar-refractivity contribution is 5.48. The first-order valence-electron chi connectivity index (χ1n) is 9.71. The topological polar surface area (TPSA) is 44.5 Å². The molecule has 0 aliphatic heterocycles. The highest BCUT2D eigenvalue weighted by Gasteiger charge is 2.50. The Hall–Kier alpha value is -2.00. The van der Waals surface area contributed by atoms with Gasteiger partial charge in [0.2, 0.25) is 0 Å². The molecule has 3 heteroatoms. The molecule has 3 nitrogen and oxygen atoms in total. The Balaban J connectivity index is 1.81. The van der Waals surface area contributed by atoms with Crippen LogP contribution in [0.25, 0.3) is 0 Å². The van der Waals surface area contributed by atoms with Crippen LogP contribution in [0.2, 0.25) is 0 Å². The van der Waals surface area contributed by atoms with Gasteiger partial charge in [0.15, 0.2) is 11.5 Å². The summed E-state index contributed by atoms with van der Waals surface area (Å²) in [5.74, 6) is 2.10. The summed E-state index contributed by atoms with van der Waals surface area (Å²) in [7, 11) is 1.69. The molecule has 2 atom stereocenters. The molecule has 0 amide bonds. The molecule has 0 saturated heterocycles. The van der Waals surface area contributed by atoms with Crippen LogP contribution in [-0.4, -0.2) is 13.2 Å². The number of ether oxygens (including phenoxy) is 2. The highest BCUT2D eigenvalue weighted by Crippen LogP contribution is 2.53. The fourth-order valence-electron chi connectivity index (χ4n) is 3.96. The monoisotopic (exact) mass is 353 g/mol. The normalized spacial score (nSPS) is 17.4. The molecule has 2 aromatic rings. The van der Waals surface area contributed by atoms with Crippen molar-refractivity contribution in [1.82, 2.24) is 0 Å². The molecule has 0 radical (unpaired) electrons. The van der Waals surface area contributed by atoms with Crippen molar-refractivity contribution in [2.75, 3.05) is 7.11 Å². The lowest BCUT2D eigenvalue weighted by atomic mass is 9.80. The number of nitrogens with two attached hydrogens (primary N) is 1. The predicted octanol–water partition coefficient (Wildman–Crippen LogP) is 5.07. The van der Waals surface area contributed by atoms with Crippen LogP contribution >= 0.6 is 0 Å². The van der Waals surface area contributed by atoms with Gasteiger partial charge in [-0.05, 0) is 48.4 Å². The quantitative estimate of drug-likeness (QED) is 0.684. The van der Waals surface area contributed by atoms with E-state index in [1.54, 1.807) is 7.11 Å². The first-order valence-corrected chi connectivity index (χ1v) is 9.71. The Morgan fingerprint density at radius 3 is 2.42 bits per heavy atom. The molecule has 26 heavy (non-hydrogen) atoms. The maximum atomic E-state index is 6.69. The van der Waals surface area contributed by atoms with Crippen molar-refractivity contribution >= 4 is 0 Å². The van der Waals surface area contributed by atoms with E-state index in [4.69, 9.17) is 15.2 Å². The van der Waals surface area contributed by atoms with Crippen LogP contribution < -0.4 is 15.2 Å². The van der Waals surface area contributed by atoms with Crippen molar-refractivity contribution in [3.05, 3.63) is 59.7 Å². The molecule has 1 saturated carbocycles. The second-order valence-electron chi connectivity index (χ2n) is 7.59. The van der Waals surface area contributed by atoms with E-state index in [1.165, 1.54) is 18.4 Å². The fourth-order valence-corrected chi connectivity index (χ4v) is 3.96. The number of hydrogen-bond acceptors (Lipinski definition) is 3. The van der Waals surface area contributed by atoms with E-state index in [0.29, 0.717) is 12.5 Å². The zero-order chi connectivity index (χ0) is 18.6. The van der Waals surface area contributed by atoms with Crippen LogP contribution in [0.3, 0.4) is 0 Å². The van der Waals surface area contributed by atoms with E-state index in [0.717, 1.165) is 29.9 Å². The summed E-state index contributed by atoms with van der Waals surface area (Å²) in [5, 5.41) is 0. The highest BCUT2D eigenvalue weighted by atomic mass is 16.5. The molecule has 3 rings (SSSR count). The third kappa shape index (κ3) is 3.88. The standard InChI is InChI=1S/C23H31NO2/c1-4-8-17(2)22(24)23(13-14-23)19-11-12-20(25-3)21(15-19)26-16-18-9-6-5-7-10-18/h5-7,9-12,15,17,22H,4,8,13-14,16,24H2,1-3H3. The first-order chi connectivity index (χ1) is 12.6. The second kappa shape index (κ2) is 8.13. The van der Waals surface area contributed by atoms with Gasteiger partial charge in [-0.3, -0.25) is 0 Å². The maximum Gasteiger partial charge on any atom is 0.161 e. The van der Waals surface area contributed by atoms with Crippen LogP contribution in [0.4, 0.5) is 0 Å². The SMILES string of the molecule is CCCC(C)C(N)C1(c2ccc(OC)c(OCc3ccccc3)c2)CC1. The van der Waals surface area contributed by atoms with Gasteiger partial charge in [-0.1, -0.05) is 56.7 Å². The third-order valence-electron chi connectivity index (χ3n) is 5.76. The number of hydrogen-bond donors (Lipinski definition) is 1. The Bertz CT molecular complexity index is 709. The first kappa shape index (κ1) is 18.8. The maximum absolute atomic E-state index is 6.69. The number of benzene rings is 2. The summed E-state index contributed by atoms with van der Waals surface area (Å²) >= 11 is 0. The van der Waals surface area contributed by atoms with E-state index in [2.05, 4.69) is 38.1 Å². The third-order valence-corrected chi connectivity index (χ3v) is 5.76. The Morgan fingerprint density at radius 1 is 1.08 bits per heavy atom. The average Bonchev–Trinajstić information content (AvgIpc) is 3.48. The van der Waals surface area contributed by atoms with Crippen LogP contribution in [0.15, 0.2) is 48.5 Å². The van der Waals surface area contributed by atoms with Crippen molar-refractivity contribution in [1.29, 1.82) is 0 Å². The fraction of sp³-hybridized carbons (Fsp3) is 0.478. The number of rotatable bonds is 9. The molecule has 1 fully saturated rings. The van der Waals surface area contributed by atoms with Gasteiger partial charge in [0.25, 0.3) is 0 Å². The summed E-state index contributed by atoms with van der Waals surface area (Å²) in [5.41, 5.74) is 9.23. The van der Waals surface area contributed by atoms with Gasteiger partial charge in [0.05, 0.1) is 7.11 Å². The largest absolute Gasteiger partial charge is 0.493 e. The Kier molecular flexibility index (Phi) is 5.87. The van der Waals surface area contributed by atoms with Gasteiger partial charge in [0, 0.05) is 11.5 Å². The molecule has 2 aromatic carbocycles. The second-order valence-corrected chi connectivity index (χ2v) is 7.59. The van der Waals surface area contributed by atoms with Gasteiger partial charge >= 0.3 is 0 Å². The van der Waals surface area contributed by atoms with Gasteiger partial charge in [-0.15, -0.1) is 0 Å². The van der Waals surface area contributed by atoms with Gasteiger partial charge in [-0.2, -0.15) is 0 Å². The van der Waals surface area contributed by atoms with Crippen LogP contribution in [-0.2, 0) is 12.0 Å². The lowest BCUT2D eigenvalue weighted by Crippen LogP contribution is -2.40. The summed E-state index contributed by atoms with van der Waals surface area (Å²) in [6, 6.07) is 16.7. The zero-order valence-electron chi connectivity index (χ0n) is 16.2. The lowest BCUT2D eigenvalue weighted by Gasteiger charge is -2.29. The van der Waals surface area contributed by atoms with E-state index >= 15 is 0 Å². The van der Waals surface area contributed by atoms with Gasteiger partial charge in [0.1, 0.15) is 6.61 Å². The molecular formula is C23H31NO2. The van der Waals surface area contributed by atoms with Crippen LogP contribution in [0, 0.1) is 5.92 Å². The van der Waals surface area contributed by atoms with Gasteiger partial charge in [-0.25, -0.2) is 0 Å². The van der Waals surface area contributed by atoms with Crippen molar-refractivity contribution in [2.24, 2.45) is 11.7 Å². The molecule has 0 aromatic heterocycles. The smallest absolute Gasteiger partial charge is 0.161 e. The van der Waals surface area contributed by atoms with Crippen molar-refractivity contribution in [3.8, 4) is 11.5 Å². The number of methoxy groups -OCH3 is 1. The van der Waals surface area contributed by atoms with Crippen LogP contribution in [0.1, 0.15) is 50.7 Å². The van der Waals surface area contributed by atoms with Crippen molar-refractivity contribution in [2.45, 2.75) is 57.6 Å². The minimum absolute atomic E-state index is 0.103. The van der Waals surface area contributed by atoms with E-state index in [1.807, 2.05) is 24.3 Å². The van der Waals surface area contributed by atoms with E-state index < -0.39 is 0 Å². The minimum Gasteiger partial charge on any atom is -0.493 e. The molecule has 2 unspecified atom stereocenters. The van der Waals surface area contributed by atoms with E-state index in [-0.39, 0.29) is 11.5 Å². The Labute approximate surface area is 157 Å². The molecular weight excluding hydrogens is 322 g/mol. The minimum atomic E-state index is 0.103. The van der Waals surface area contributed by atoms with Crippen molar-refractivity contribution < 1.29 is 9.47 Å². The molecule has 1 aliphatic rings. The van der Waals surface area contributed by atoms with Crippen molar-refractivity contribution in [3.63, 3.8) is 0 Å². The molecule has 0 bridgehead atoms. The summed E-state index contributed by atoms with van der Waals surface area (Å²) < 4.78 is 11.6. The molecule has 140 valence electrons. The lowest BCUT2D eigenvalue weighted by molar-refractivity contribution is 0.283. The summed E-state index contributed by atoms with van der Waals surface area (Å²) in [6.45, 7) is 5.04. The molecule has 2 N–H and O–H groups in total. The van der Waals surface area contributed by atoms with Gasteiger partial charge < -0.3 is 15.2 Å². The van der Waals surface area contributed by atoms with E-state index in [9.17, 15) is 0 Å². The zero-order valence-corrected chi connectivity index (χ0v) is 16.2. The molecule has 0 spiro atoms. The van der Waals surface area contributed by atoms with Crippen LogP contribution in [0.5, 0.6) is 11.5 Å². The summed E-state index contributed by atoms with van der Waals surface area (Å²) in [6.07, 6.45) is 4.68. The molecule has 1 aliphatic carbocycles. The molecule has 0 heterocycles. The average molecular weight is 354 g/mol.